The van der Waals surface area contributed by atoms with E-state index in [9.17, 15) is 0 Å². The van der Waals surface area contributed by atoms with Crippen molar-refractivity contribution in [1.82, 2.24) is 15.0 Å². The van der Waals surface area contributed by atoms with Gasteiger partial charge in [0.25, 0.3) is 0 Å². The van der Waals surface area contributed by atoms with Crippen LogP contribution in [0.4, 0.5) is 0 Å². The lowest BCUT2D eigenvalue weighted by Crippen LogP contribution is -2.00. The van der Waals surface area contributed by atoms with Crippen molar-refractivity contribution in [2.45, 2.75) is 0 Å². The van der Waals surface area contributed by atoms with Gasteiger partial charge < -0.3 is 4.42 Å². The van der Waals surface area contributed by atoms with Crippen molar-refractivity contribution in [2.75, 3.05) is 0 Å². The third-order valence-electron chi connectivity index (χ3n) is 9.74. The monoisotopic (exact) mass is 651 g/mol. The molecule has 0 amide bonds. The number of nitrogens with zero attached hydrogens (tertiary/aromatic N) is 3. The Kier molecular flexibility index (Phi) is 6.78. The second-order valence-corrected chi connectivity index (χ2v) is 12.8. The molecule has 0 radical (unpaired) electrons. The summed E-state index contributed by atoms with van der Waals surface area (Å²) in [6.07, 6.45) is 0. The van der Waals surface area contributed by atoms with Gasteiger partial charge in [-0.2, -0.15) is 0 Å². The number of para-hydroxylation sites is 1. The van der Waals surface area contributed by atoms with Gasteiger partial charge >= 0.3 is 0 Å². The SMILES string of the molecule is c1ccc(-c2ccc(-c3nc(-c4ccccc4)nc(-c4cccc5oc6c(-c7cc8ccccc8c8ccccc78)cccc6c45)n3)cc2)cc1. The quantitative estimate of drug-likeness (QED) is 0.174. The number of hydrogen-bond donors (Lipinski definition) is 0. The third-order valence-corrected chi connectivity index (χ3v) is 9.74. The normalized spacial score (nSPS) is 11.5. The summed E-state index contributed by atoms with van der Waals surface area (Å²) in [6, 6.07) is 60.9. The molecule has 51 heavy (non-hydrogen) atoms. The summed E-state index contributed by atoms with van der Waals surface area (Å²) in [7, 11) is 0. The van der Waals surface area contributed by atoms with Crippen molar-refractivity contribution in [3.8, 4) is 56.4 Å². The minimum absolute atomic E-state index is 0.598. The number of rotatable bonds is 5. The molecule has 8 aromatic carbocycles. The molecule has 2 heterocycles. The molecule has 238 valence electrons. The van der Waals surface area contributed by atoms with Crippen LogP contribution in [-0.4, -0.2) is 15.0 Å². The van der Waals surface area contributed by atoms with Crippen LogP contribution in [0.15, 0.2) is 180 Å². The lowest BCUT2D eigenvalue weighted by molar-refractivity contribution is 0.670. The maximum atomic E-state index is 6.77. The van der Waals surface area contributed by atoms with E-state index in [4.69, 9.17) is 19.4 Å². The van der Waals surface area contributed by atoms with Gasteiger partial charge in [0.2, 0.25) is 0 Å². The van der Waals surface area contributed by atoms with Crippen molar-refractivity contribution in [3.63, 3.8) is 0 Å². The Morgan fingerprint density at radius 1 is 0.333 bits per heavy atom. The summed E-state index contributed by atoms with van der Waals surface area (Å²) >= 11 is 0. The third kappa shape index (κ3) is 4.96. The van der Waals surface area contributed by atoms with Crippen LogP contribution < -0.4 is 0 Å². The summed E-state index contributed by atoms with van der Waals surface area (Å²) in [6.45, 7) is 0. The number of hydrogen-bond acceptors (Lipinski definition) is 4. The zero-order valence-corrected chi connectivity index (χ0v) is 27.5. The van der Waals surface area contributed by atoms with E-state index in [0.717, 1.165) is 55.3 Å². The summed E-state index contributed by atoms with van der Waals surface area (Å²) in [5.74, 6) is 1.84. The van der Waals surface area contributed by atoms with Gasteiger partial charge in [-0.3, -0.25) is 0 Å². The average molecular weight is 652 g/mol. The maximum absolute atomic E-state index is 6.77. The van der Waals surface area contributed by atoms with Crippen LogP contribution in [0.2, 0.25) is 0 Å². The predicted molar refractivity (Wildman–Crippen MR) is 209 cm³/mol. The summed E-state index contributed by atoms with van der Waals surface area (Å²) in [4.78, 5) is 15.2. The molecule has 0 saturated heterocycles. The Balaban J connectivity index is 1.18. The van der Waals surface area contributed by atoms with Crippen LogP contribution in [0.3, 0.4) is 0 Å². The first-order valence-corrected chi connectivity index (χ1v) is 17.1. The Bertz CT molecular complexity index is 2900. The molecule has 0 N–H and O–H groups in total. The zero-order valence-electron chi connectivity index (χ0n) is 27.5. The van der Waals surface area contributed by atoms with E-state index >= 15 is 0 Å². The Labute approximate surface area is 294 Å². The van der Waals surface area contributed by atoms with E-state index in [0.29, 0.717) is 17.5 Å². The molecule has 4 heteroatoms. The van der Waals surface area contributed by atoms with Gasteiger partial charge in [0, 0.05) is 33.0 Å². The Morgan fingerprint density at radius 3 is 1.63 bits per heavy atom. The van der Waals surface area contributed by atoms with Gasteiger partial charge in [0.05, 0.1) is 0 Å². The van der Waals surface area contributed by atoms with Crippen LogP contribution in [-0.2, 0) is 0 Å². The van der Waals surface area contributed by atoms with E-state index < -0.39 is 0 Å². The summed E-state index contributed by atoms with van der Waals surface area (Å²) in [5, 5.41) is 6.86. The van der Waals surface area contributed by atoms with Gasteiger partial charge in [0.1, 0.15) is 11.2 Å². The fourth-order valence-electron chi connectivity index (χ4n) is 7.31. The van der Waals surface area contributed by atoms with Crippen LogP contribution in [0.1, 0.15) is 0 Å². The highest BCUT2D eigenvalue weighted by molar-refractivity contribution is 6.19. The first-order chi connectivity index (χ1) is 25.3. The van der Waals surface area contributed by atoms with E-state index in [-0.39, 0.29) is 0 Å². The van der Waals surface area contributed by atoms with Gasteiger partial charge in [-0.15, -0.1) is 0 Å². The van der Waals surface area contributed by atoms with E-state index in [1.807, 2.05) is 48.5 Å². The molecule has 0 aliphatic carbocycles. The molecule has 0 unspecified atom stereocenters. The molecule has 0 saturated carbocycles. The summed E-state index contributed by atoms with van der Waals surface area (Å²) < 4.78 is 6.77. The van der Waals surface area contributed by atoms with E-state index in [2.05, 4.69) is 127 Å². The van der Waals surface area contributed by atoms with Crippen molar-refractivity contribution < 1.29 is 4.42 Å². The fourth-order valence-corrected chi connectivity index (χ4v) is 7.31. The number of furan rings is 1. The van der Waals surface area contributed by atoms with Crippen molar-refractivity contribution >= 4 is 43.5 Å². The summed E-state index contributed by atoms with van der Waals surface area (Å²) in [5.41, 5.74) is 8.88. The van der Waals surface area contributed by atoms with Crippen LogP contribution in [0.25, 0.3) is 99.9 Å². The molecule has 0 spiro atoms. The molecule has 0 aliphatic rings. The smallest absolute Gasteiger partial charge is 0.164 e. The molecule has 0 bridgehead atoms. The predicted octanol–water partition coefficient (Wildman–Crippen LogP) is 12.4. The number of benzene rings is 8. The highest BCUT2D eigenvalue weighted by Crippen LogP contribution is 2.43. The minimum Gasteiger partial charge on any atom is -0.455 e. The first-order valence-electron chi connectivity index (χ1n) is 17.1. The Hall–Kier alpha value is -6.91. The zero-order chi connectivity index (χ0) is 33.7. The number of fused-ring (bicyclic) bond motifs is 6. The average Bonchev–Trinajstić information content (AvgIpc) is 3.60. The second-order valence-electron chi connectivity index (χ2n) is 12.8. The van der Waals surface area contributed by atoms with Gasteiger partial charge in [-0.25, -0.2) is 15.0 Å². The van der Waals surface area contributed by atoms with Gasteiger partial charge in [0.15, 0.2) is 17.5 Å². The molecule has 2 aromatic heterocycles. The van der Waals surface area contributed by atoms with Crippen LogP contribution in [0, 0.1) is 0 Å². The van der Waals surface area contributed by atoms with Crippen molar-refractivity contribution in [1.29, 1.82) is 0 Å². The fraction of sp³-hybridized carbons (Fsp3) is 0. The highest BCUT2D eigenvalue weighted by atomic mass is 16.3. The lowest BCUT2D eigenvalue weighted by Gasteiger charge is -2.11. The standard InChI is InChI=1S/C47H29N3O/c1-3-13-30(14-4-1)31-25-27-33(28-26-31)46-48-45(32-15-5-2-6-16-32)49-47(50-46)40-23-12-24-42-43(40)39-22-11-21-38(44(39)51-42)41-29-34-17-7-8-18-35(34)36-19-9-10-20-37(36)41/h1-29H. The number of aromatic nitrogens is 3. The van der Waals surface area contributed by atoms with E-state index in [1.165, 1.54) is 27.1 Å². The first kappa shape index (κ1) is 29.0. The van der Waals surface area contributed by atoms with Gasteiger partial charge in [-0.1, -0.05) is 164 Å². The Morgan fingerprint density at radius 2 is 0.863 bits per heavy atom. The minimum atomic E-state index is 0.598. The molecule has 0 aliphatic heterocycles. The highest BCUT2D eigenvalue weighted by Gasteiger charge is 2.20. The molecular formula is C47H29N3O. The maximum Gasteiger partial charge on any atom is 0.164 e. The second kappa shape index (κ2) is 11.9. The molecule has 0 fully saturated rings. The topological polar surface area (TPSA) is 51.8 Å². The van der Waals surface area contributed by atoms with Crippen LogP contribution in [0.5, 0.6) is 0 Å². The molecular weight excluding hydrogens is 623 g/mol. The molecule has 10 aromatic rings. The molecule has 10 rings (SSSR count). The lowest BCUT2D eigenvalue weighted by atomic mass is 9.92. The van der Waals surface area contributed by atoms with E-state index in [1.54, 1.807) is 0 Å². The largest absolute Gasteiger partial charge is 0.455 e. The molecule has 0 atom stereocenters. The molecule has 4 nitrogen and oxygen atoms in total. The van der Waals surface area contributed by atoms with Crippen molar-refractivity contribution in [3.05, 3.63) is 176 Å². The van der Waals surface area contributed by atoms with Crippen molar-refractivity contribution in [2.24, 2.45) is 0 Å². The van der Waals surface area contributed by atoms with Crippen LogP contribution >= 0.6 is 0 Å². The van der Waals surface area contributed by atoms with Gasteiger partial charge in [-0.05, 0) is 50.4 Å².